The predicted molar refractivity (Wildman–Crippen MR) is 71.0 cm³/mol. The number of carbonyl (C=O) groups is 2. The van der Waals surface area contributed by atoms with E-state index in [1.165, 1.54) is 0 Å². The van der Waals surface area contributed by atoms with Gasteiger partial charge in [-0.25, -0.2) is 0 Å². The Balaban J connectivity index is 1.99. The Morgan fingerprint density at radius 2 is 2.32 bits per heavy atom. The van der Waals surface area contributed by atoms with Gasteiger partial charge in [0.15, 0.2) is 5.69 Å². The summed E-state index contributed by atoms with van der Waals surface area (Å²) in [5.74, 6) is 0.0458. The summed E-state index contributed by atoms with van der Waals surface area (Å²) in [5, 5.41) is 9.61. The van der Waals surface area contributed by atoms with Crippen molar-refractivity contribution in [2.45, 2.75) is 19.8 Å². The minimum atomic E-state index is -0.172. The third-order valence-corrected chi connectivity index (χ3v) is 3.86. The van der Waals surface area contributed by atoms with Gasteiger partial charge in [0.25, 0.3) is 5.91 Å². The summed E-state index contributed by atoms with van der Waals surface area (Å²) in [4.78, 5) is 25.3. The molecule has 1 aromatic rings. The lowest BCUT2D eigenvalue weighted by Crippen LogP contribution is -2.30. The summed E-state index contributed by atoms with van der Waals surface area (Å²) in [6.07, 6.45) is 1.29. The highest BCUT2D eigenvalue weighted by atomic mass is 35.5. The highest BCUT2D eigenvalue weighted by Gasteiger charge is 2.30. The van der Waals surface area contributed by atoms with E-state index in [0.29, 0.717) is 30.2 Å². The smallest absolute Gasteiger partial charge is 0.275 e. The summed E-state index contributed by atoms with van der Waals surface area (Å²) in [7, 11) is 1.62. The third kappa shape index (κ3) is 2.89. The predicted octanol–water partition coefficient (Wildman–Crippen LogP) is 0.970. The van der Waals surface area contributed by atoms with Crippen LogP contribution in [0.2, 0.25) is 5.02 Å². The number of amides is 2. The summed E-state index contributed by atoms with van der Waals surface area (Å²) < 4.78 is 0. The average Bonchev–Trinajstić information content (AvgIpc) is 2.98. The van der Waals surface area contributed by atoms with Crippen LogP contribution in [-0.2, 0) is 4.79 Å². The second-order valence-corrected chi connectivity index (χ2v) is 5.17. The molecule has 1 fully saturated rings. The lowest BCUT2D eigenvalue weighted by molar-refractivity contribution is -0.121. The van der Waals surface area contributed by atoms with Crippen molar-refractivity contribution < 1.29 is 9.59 Å². The first kappa shape index (κ1) is 13.9. The zero-order valence-electron chi connectivity index (χ0n) is 11.0. The van der Waals surface area contributed by atoms with Crippen LogP contribution in [-0.4, -0.2) is 47.0 Å². The first-order valence-corrected chi connectivity index (χ1v) is 6.61. The molecule has 0 radical (unpaired) electrons. The molecule has 104 valence electrons. The van der Waals surface area contributed by atoms with E-state index in [2.05, 4.69) is 15.5 Å². The summed E-state index contributed by atoms with van der Waals surface area (Å²) in [6.45, 7) is 2.99. The van der Waals surface area contributed by atoms with Crippen LogP contribution in [0.25, 0.3) is 0 Å². The molecular formula is C12H17ClN4O2. The highest BCUT2D eigenvalue weighted by molar-refractivity contribution is 6.34. The van der Waals surface area contributed by atoms with E-state index in [4.69, 9.17) is 11.6 Å². The Morgan fingerprint density at radius 3 is 2.89 bits per heavy atom. The number of carbonyl (C=O) groups excluding carboxylic acids is 2. The van der Waals surface area contributed by atoms with Gasteiger partial charge in [-0.15, -0.1) is 0 Å². The normalized spacial score (nSPS) is 18.7. The minimum Gasteiger partial charge on any atom is -0.359 e. The molecule has 1 atom stereocenters. The maximum absolute atomic E-state index is 12.2. The first-order valence-electron chi connectivity index (χ1n) is 6.23. The number of hydrogen-bond acceptors (Lipinski definition) is 3. The summed E-state index contributed by atoms with van der Waals surface area (Å²) in [5.41, 5.74) is 0.950. The second kappa shape index (κ2) is 5.61. The molecule has 2 N–H and O–H groups in total. The molecule has 0 unspecified atom stereocenters. The van der Waals surface area contributed by atoms with E-state index in [-0.39, 0.29) is 23.4 Å². The molecule has 1 aliphatic heterocycles. The number of hydrogen-bond donors (Lipinski definition) is 2. The lowest BCUT2D eigenvalue weighted by atomic mass is 10.0. The number of aromatic nitrogens is 2. The SMILES string of the molecule is CNC(=O)C[C@@H]1CCN(C(=O)c2n[nH]c(C)c2Cl)C1. The molecule has 2 heterocycles. The monoisotopic (exact) mass is 284 g/mol. The molecule has 6 nitrogen and oxygen atoms in total. The van der Waals surface area contributed by atoms with Gasteiger partial charge in [0.2, 0.25) is 5.91 Å². The van der Waals surface area contributed by atoms with Crippen molar-refractivity contribution in [2.75, 3.05) is 20.1 Å². The maximum Gasteiger partial charge on any atom is 0.275 e. The Bertz CT molecular complexity index is 500. The zero-order valence-corrected chi connectivity index (χ0v) is 11.8. The van der Waals surface area contributed by atoms with E-state index in [9.17, 15) is 9.59 Å². The van der Waals surface area contributed by atoms with E-state index in [1.807, 2.05) is 0 Å². The topological polar surface area (TPSA) is 78.1 Å². The molecule has 0 aromatic carbocycles. The number of H-pyrrole nitrogens is 1. The third-order valence-electron chi connectivity index (χ3n) is 3.40. The first-order chi connectivity index (χ1) is 9.02. The number of rotatable bonds is 3. The van der Waals surface area contributed by atoms with Crippen molar-refractivity contribution >= 4 is 23.4 Å². The second-order valence-electron chi connectivity index (χ2n) is 4.79. The van der Waals surface area contributed by atoms with Gasteiger partial charge in [-0.3, -0.25) is 14.7 Å². The number of aryl methyl sites for hydroxylation is 1. The van der Waals surface area contributed by atoms with Gasteiger partial charge in [0.1, 0.15) is 0 Å². The van der Waals surface area contributed by atoms with Crippen LogP contribution >= 0.6 is 11.6 Å². The molecule has 0 spiro atoms. The highest BCUT2D eigenvalue weighted by Crippen LogP contribution is 2.24. The van der Waals surface area contributed by atoms with Gasteiger partial charge < -0.3 is 10.2 Å². The van der Waals surface area contributed by atoms with Crippen molar-refractivity contribution in [1.29, 1.82) is 0 Å². The fourth-order valence-electron chi connectivity index (χ4n) is 2.25. The lowest BCUT2D eigenvalue weighted by Gasteiger charge is -2.15. The van der Waals surface area contributed by atoms with E-state index in [0.717, 1.165) is 6.42 Å². The molecule has 0 aliphatic carbocycles. The van der Waals surface area contributed by atoms with Crippen LogP contribution in [0.5, 0.6) is 0 Å². The summed E-state index contributed by atoms with van der Waals surface area (Å²) in [6, 6.07) is 0. The number of likely N-dealkylation sites (tertiary alicyclic amines) is 1. The van der Waals surface area contributed by atoms with Crippen molar-refractivity contribution in [1.82, 2.24) is 20.4 Å². The fourth-order valence-corrected chi connectivity index (χ4v) is 2.42. The van der Waals surface area contributed by atoms with Crippen LogP contribution in [0, 0.1) is 12.8 Å². The Kier molecular flexibility index (Phi) is 4.09. The van der Waals surface area contributed by atoms with E-state index < -0.39 is 0 Å². The quantitative estimate of drug-likeness (QED) is 0.868. The van der Waals surface area contributed by atoms with Gasteiger partial charge in [-0.2, -0.15) is 5.10 Å². The van der Waals surface area contributed by atoms with E-state index in [1.54, 1.807) is 18.9 Å². The molecule has 7 heteroatoms. The van der Waals surface area contributed by atoms with Gasteiger partial charge in [-0.1, -0.05) is 11.6 Å². The van der Waals surface area contributed by atoms with Gasteiger partial charge in [0, 0.05) is 26.6 Å². The number of nitrogens with zero attached hydrogens (tertiary/aromatic N) is 2. The zero-order chi connectivity index (χ0) is 14.0. The van der Waals surface area contributed by atoms with Gasteiger partial charge >= 0.3 is 0 Å². The molecule has 19 heavy (non-hydrogen) atoms. The van der Waals surface area contributed by atoms with Crippen LogP contribution in [0.1, 0.15) is 29.0 Å². The van der Waals surface area contributed by atoms with Crippen LogP contribution in [0.15, 0.2) is 0 Å². The van der Waals surface area contributed by atoms with Crippen molar-refractivity contribution in [2.24, 2.45) is 5.92 Å². The standard InChI is InChI=1S/C12H17ClN4O2/c1-7-10(13)11(16-15-7)12(19)17-4-3-8(6-17)5-9(18)14-2/h8H,3-6H2,1-2H3,(H,14,18)(H,15,16)/t8-/m0/s1. The molecule has 0 bridgehead atoms. The van der Waals surface area contributed by atoms with Crippen LogP contribution < -0.4 is 5.32 Å². The largest absolute Gasteiger partial charge is 0.359 e. The molecule has 1 aromatic heterocycles. The molecule has 1 aliphatic rings. The summed E-state index contributed by atoms with van der Waals surface area (Å²) >= 11 is 6.02. The Labute approximate surface area is 116 Å². The number of halogens is 1. The van der Waals surface area contributed by atoms with Crippen molar-refractivity contribution in [3.05, 3.63) is 16.4 Å². The Morgan fingerprint density at radius 1 is 1.58 bits per heavy atom. The maximum atomic E-state index is 12.2. The van der Waals surface area contributed by atoms with Crippen molar-refractivity contribution in [3.63, 3.8) is 0 Å². The minimum absolute atomic E-state index is 0.00736. The molecule has 2 rings (SSSR count). The van der Waals surface area contributed by atoms with Crippen molar-refractivity contribution in [3.8, 4) is 0 Å². The van der Waals surface area contributed by atoms with E-state index >= 15 is 0 Å². The molecule has 0 saturated carbocycles. The van der Waals surface area contributed by atoms with Crippen LogP contribution in [0.4, 0.5) is 0 Å². The number of aromatic amines is 1. The van der Waals surface area contributed by atoms with Gasteiger partial charge in [0.05, 0.1) is 10.7 Å². The van der Waals surface area contributed by atoms with Gasteiger partial charge in [-0.05, 0) is 19.3 Å². The molecule has 1 saturated heterocycles. The Hall–Kier alpha value is -1.56. The molecule has 2 amide bonds. The number of nitrogens with one attached hydrogen (secondary N) is 2. The van der Waals surface area contributed by atoms with Crippen LogP contribution in [0.3, 0.4) is 0 Å². The average molecular weight is 285 g/mol. The fraction of sp³-hybridized carbons (Fsp3) is 0.583. The molecular weight excluding hydrogens is 268 g/mol.